The molecule has 33 heavy (non-hydrogen) atoms. The van der Waals surface area contributed by atoms with Gasteiger partial charge in [0.05, 0.1) is 26.9 Å². The normalized spacial score (nSPS) is 17.7. The quantitative estimate of drug-likeness (QED) is 0.523. The highest BCUT2D eigenvalue weighted by Gasteiger charge is 2.14. The molecule has 0 saturated carbocycles. The maximum atomic E-state index is 6.10. The molecule has 2 aromatic rings. The minimum atomic E-state index is 0.667. The van der Waals surface area contributed by atoms with Gasteiger partial charge in [-0.1, -0.05) is 6.07 Å². The fourth-order valence-corrected chi connectivity index (χ4v) is 4.61. The summed E-state index contributed by atoms with van der Waals surface area (Å²) in [5.41, 5.74) is 2.28. The van der Waals surface area contributed by atoms with E-state index in [0.717, 1.165) is 93.3 Å². The van der Waals surface area contributed by atoms with Gasteiger partial charge < -0.3 is 19.5 Å². The Bertz CT molecular complexity index is 851. The molecule has 2 aliphatic rings. The molecule has 1 N–H and O–H groups in total. The number of ether oxygens (including phenoxy) is 3. The number of hydrogen-bond acceptors (Lipinski definition) is 7. The van der Waals surface area contributed by atoms with Crippen LogP contribution in [0.1, 0.15) is 42.8 Å². The van der Waals surface area contributed by atoms with E-state index in [0.29, 0.717) is 13.0 Å². The lowest BCUT2D eigenvalue weighted by molar-refractivity contribution is 0.0357. The summed E-state index contributed by atoms with van der Waals surface area (Å²) in [4.78, 5) is 11.8. The summed E-state index contributed by atoms with van der Waals surface area (Å²) in [6, 6.07) is 8.18. The number of hydrogen-bond donors (Lipinski definition) is 1. The predicted molar refractivity (Wildman–Crippen MR) is 129 cm³/mol. The van der Waals surface area contributed by atoms with Gasteiger partial charge in [0.15, 0.2) is 11.5 Å². The Morgan fingerprint density at radius 1 is 1.12 bits per heavy atom. The molecule has 7 heteroatoms. The number of methoxy groups -OCH3 is 1. The van der Waals surface area contributed by atoms with Crippen LogP contribution in [0.4, 0.5) is 0 Å². The Kier molecular flexibility index (Phi) is 9.33. The second-order valence-electron chi connectivity index (χ2n) is 9.01. The first-order chi connectivity index (χ1) is 16.3. The monoisotopic (exact) mass is 454 g/mol. The Morgan fingerprint density at radius 3 is 2.79 bits per heavy atom. The number of benzene rings is 1. The lowest BCUT2D eigenvalue weighted by atomic mass is 9.92. The molecule has 0 spiro atoms. The Labute approximate surface area is 197 Å². The minimum absolute atomic E-state index is 0.667. The minimum Gasteiger partial charge on any atom is -0.493 e. The molecule has 2 fully saturated rings. The predicted octanol–water partition coefficient (Wildman–Crippen LogP) is 3.11. The molecule has 4 rings (SSSR count). The molecule has 0 atom stereocenters. The van der Waals surface area contributed by atoms with E-state index in [4.69, 9.17) is 19.2 Å². The van der Waals surface area contributed by atoms with Crippen LogP contribution in [0.5, 0.6) is 11.5 Å². The first kappa shape index (κ1) is 23.9. The molecular formula is C26H38N4O3. The largest absolute Gasteiger partial charge is 0.493 e. The SMILES string of the molecule is COc1ccc(Cc2nccc(CCC3CCNCC3)n2)cc1OCCCN1CCOCC1. The zero-order chi connectivity index (χ0) is 22.7. The molecule has 3 heterocycles. The maximum Gasteiger partial charge on any atom is 0.161 e. The van der Waals surface area contributed by atoms with Crippen LogP contribution >= 0.6 is 0 Å². The van der Waals surface area contributed by atoms with Crippen molar-refractivity contribution in [2.45, 2.75) is 38.5 Å². The highest BCUT2D eigenvalue weighted by atomic mass is 16.5. The van der Waals surface area contributed by atoms with Gasteiger partial charge in [-0.05, 0) is 74.9 Å². The summed E-state index contributed by atoms with van der Waals surface area (Å²) >= 11 is 0. The maximum absolute atomic E-state index is 6.10. The van der Waals surface area contributed by atoms with Crippen molar-refractivity contribution in [1.29, 1.82) is 0 Å². The fraction of sp³-hybridized carbons (Fsp3) is 0.615. The van der Waals surface area contributed by atoms with E-state index in [2.05, 4.69) is 33.4 Å². The standard InChI is InChI=1S/C26H38N4O3/c1-31-24-6-4-22(19-25(24)33-16-2-13-30-14-17-32-18-15-30)20-26-28-12-9-23(29-26)5-3-21-7-10-27-11-8-21/h4,6,9,12,19,21,27H,2-3,5,7-8,10-11,13-18,20H2,1H3. The summed E-state index contributed by atoms with van der Waals surface area (Å²) < 4.78 is 17.0. The Morgan fingerprint density at radius 2 is 1.97 bits per heavy atom. The lowest BCUT2D eigenvalue weighted by Crippen LogP contribution is -2.37. The van der Waals surface area contributed by atoms with Crippen molar-refractivity contribution in [3.63, 3.8) is 0 Å². The molecular weight excluding hydrogens is 416 g/mol. The average molecular weight is 455 g/mol. The molecule has 0 bridgehead atoms. The van der Waals surface area contributed by atoms with Crippen LogP contribution in [0.3, 0.4) is 0 Å². The summed E-state index contributed by atoms with van der Waals surface area (Å²) in [6.45, 7) is 7.67. The average Bonchev–Trinajstić information content (AvgIpc) is 2.87. The van der Waals surface area contributed by atoms with E-state index in [1.165, 1.54) is 19.3 Å². The number of nitrogens with zero attached hydrogens (tertiary/aromatic N) is 3. The van der Waals surface area contributed by atoms with E-state index < -0.39 is 0 Å². The summed E-state index contributed by atoms with van der Waals surface area (Å²) in [7, 11) is 1.69. The van der Waals surface area contributed by atoms with Crippen molar-refractivity contribution in [1.82, 2.24) is 20.2 Å². The Balaban J connectivity index is 1.30. The van der Waals surface area contributed by atoms with Crippen molar-refractivity contribution in [2.75, 3.05) is 59.7 Å². The first-order valence-corrected chi connectivity index (χ1v) is 12.4. The second kappa shape index (κ2) is 12.9. The first-order valence-electron chi connectivity index (χ1n) is 12.4. The summed E-state index contributed by atoms with van der Waals surface area (Å²) in [6.07, 6.45) is 8.36. The lowest BCUT2D eigenvalue weighted by Gasteiger charge is -2.26. The molecule has 2 saturated heterocycles. The van der Waals surface area contributed by atoms with Crippen LogP contribution in [0, 0.1) is 5.92 Å². The van der Waals surface area contributed by atoms with Gasteiger partial charge in [0.1, 0.15) is 5.82 Å². The molecule has 180 valence electrons. The van der Waals surface area contributed by atoms with Crippen LogP contribution in [0.15, 0.2) is 30.5 Å². The number of piperidine rings is 1. The number of aromatic nitrogens is 2. The second-order valence-corrected chi connectivity index (χ2v) is 9.01. The molecule has 1 aromatic carbocycles. The van der Waals surface area contributed by atoms with Gasteiger partial charge >= 0.3 is 0 Å². The van der Waals surface area contributed by atoms with E-state index in [1.807, 2.05) is 12.3 Å². The van der Waals surface area contributed by atoms with Crippen molar-refractivity contribution < 1.29 is 14.2 Å². The van der Waals surface area contributed by atoms with Gasteiger partial charge in [-0.15, -0.1) is 0 Å². The fourth-order valence-electron chi connectivity index (χ4n) is 4.61. The van der Waals surface area contributed by atoms with Crippen molar-refractivity contribution >= 4 is 0 Å². The van der Waals surface area contributed by atoms with E-state index in [1.54, 1.807) is 7.11 Å². The number of morpholine rings is 1. The van der Waals surface area contributed by atoms with Gasteiger partial charge in [0.2, 0.25) is 0 Å². The number of rotatable bonds is 11. The van der Waals surface area contributed by atoms with E-state index >= 15 is 0 Å². The van der Waals surface area contributed by atoms with E-state index in [-0.39, 0.29) is 0 Å². The van der Waals surface area contributed by atoms with Crippen LogP contribution in [-0.2, 0) is 17.6 Å². The Hall–Kier alpha value is -2.22. The third-order valence-corrected chi connectivity index (χ3v) is 6.60. The molecule has 0 unspecified atom stereocenters. The van der Waals surface area contributed by atoms with E-state index in [9.17, 15) is 0 Å². The number of nitrogens with one attached hydrogen (secondary N) is 1. The molecule has 1 aromatic heterocycles. The van der Waals surface area contributed by atoms with Gasteiger partial charge in [0, 0.05) is 37.9 Å². The zero-order valence-electron chi connectivity index (χ0n) is 19.9. The third kappa shape index (κ3) is 7.66. The van der Waals surface area contributed by atoms with Crippen molar-refractivity contribution in [3.05, 3.63) is 47.5 Å². The van der Waals surface area contributed by atoms with Crippen LogP contribution in [0.2, 0.25) is 0 Å². The molecule has 0 radical (unpaired) electrons. The smallest absolute Gasteiger partial charge is 0.161 e. The molecule has 0 amide bonds. The highest BCUT2D eigenvalue weighted by molar-refractivity contribution is 5.43. The molecule has 7 nitrogen and oxygen atoms in total. The van der Waals surface area contributed by atoms with Crippen LogP contribution in [0.25, 0.3) is 0 Å². The zero-order valence-corrected chi connectivity index (χ0v) is 19.9. The summed E-state index contributed by atoms with van der Waals surface area (Å²) in [5.74, 6) is 3.23. The van der Waals surface area contributed by atoms with Gasteiger partial charge in [-0.25, -0.2) is 9.97 Å². The van der Waals surface area contributed by atoms with Crippen molar-refractivity contribution in [2.24, 2.45) is 5.92 Å². The van der Waals surface area contributed by atoms with Crippen LogP contribution < -0.4 is 14.8 Å². The number of aryl methyl sites for hydroxylation is 1. The van der Waals surface area contributed by atoms with Gasteiger partial charge in [-0.3, -0.25) is 4.90 Å². The van der Waals surface area contributed by atoms with Gasteiger partial charge in [0.25, 0.3) is 0 Å². The van der Waals surface area contributed by atoms with Gasteiger partial charge in [-0.2, -0.15) is 0 Å². The topological polar surface area (TPSA) is 68.7 Å². The van der Waals surface area contributed by atoms with Crippen molar-refractivity contribution in [3.8, 4) is 11.5 Å². The summed E-state index contributed by atoms with van der Waals surface area (Å²) in [5, 5.41) is 3.44. The highest BCUT2D eigenvalue weighted by Crippen LogP contribution is 2.29. The molecule has 0 aliphatic carbocycles. The third-order valence-electron chi connectivity index (χ3n) is 6.60. The molecule has 2 aliphatic heterocycles. The van der Waals surface area contributed by atoms with Crippen LogP contribution in [-0.4, -0.2) is 74.5 Å².